The van der Waals surface area contributed by atoms with Gasteiger partial charge in [-0.05, 0) is 29.5 Å². The third-order valence-corrected chi connectivity index (χ3v) is 6.72. The molecule has 0 aromatic heterocycles. The molecule has 3 aromatic carbocycles. The van der Waals surface area contributed by atoms with E-state index in [0.717, 1.165) is 26.1 Å². The molecule has 0 aliphatic carbocycles. The van der Waals surface area contributed by atoms with E-state index in [1.807, 2.05) is 0 Å². The summed E-state index contributed by atoms with van der Waals surface area (Å²) in [5, 5.41) is 0. The molecule has 3 heteroatoms. The van der Waals surface area contributed by atoms with Crippen molar-refractivity contribution >= 4 is 0 Å². The van der Waals surface area contributed by atoms with Crippen molar-refractivity contribution in [2.24, 2.45) is 0 Å². The molecule has 1 atom stereocenters. The van der Waals surface area contributed by atoms with Crippen LogP contribution in [0.2, 0.25) is 0 Å². The molecule has 34 heavy (non-hydrogen) atoms. The van der Waals surface area contributed by atoms with E-state index in [1.54, 1.807) is 0 Å². The van der Waals surface area contributed by atoms with Crippen molar-refractivity contribution in [2.75, 3.05) is 20.0 Å². The molecule has 0 spiro atoms. The Morgan fingerprint density at radius 3 is 1.56 bits per heavy atom. The Labute approximate surface area is 205 Å². The van der Waals surface area contributed by atoms with Gasteiger partial charge in [0.15, 0.2) is 0 Å². The second-order valence-corrected chi connectivity index (χ2v) is 9.17. The maximum atomic E-state index is 6.86. The zero-order valence-electron chi connectivity index (χ0n) is 20.2. The third-order valence-electron chi connectivity index (χ3n) is 6.72. The summed E-state index contributed by atoms with van der Waals surface area (Å²) < 4.78 is 17.6. The van der Waals surface area contributed by atoms with Crippen LogP contribution < -0.4 is 0 Å². The van der Waals surface area contributed by atoms with Crippen LogP contribution in [0.15, 0.2) is 91.0 Å². The zero-order chi connectivity index (χ0) is 23.3. The number of unbranched alkanes of at least 4 members (excludes halogenated alkanes) is 6. The summed E-state index contributed by atoms with van der Waals surface area (Å²) in [6.45, 7) is 1.99. The Hall–Kier alpha value is -2.46. The van der Waals surface area contributed by atoms with Crippen LogP contribution in [-0.2, 0) is 19.8 Å². The van der Waals surface area contributed by atoms with E-state index >= 15 is 0 Å². The summed E-state index contributed by atoms with van der Waals surface area (Å²) in [4.78, 5) is 0. The van der Waals surface area contributed by atoms with Crippen molar-refractivity contribution in [3.63, 3.8) is 0 Å². The molecule has 1 aliphatic rings. The van der Waals surface area contributed by atoms with Crippen molar-refractivity contribution in [1.82, 2.24) is 0 Å². The minimum atomic E-state index is -0.601. The van der Waals surface area contributed by atoms with E-state index in [9.17, 15) is 0 Å². The van der Waals surface area contributed by atoms with Crippen molar-refractivity contribution in [3.8, 4) is 0 Å². The molecule has 4 rings (SSSR count). The molecule has 1 fully saturated rings. The van der Waals surface area contributed by atoms with Gasteiger partial charge in [0.2, 0.25) is 0 Å². The number of ether oxygens (including phenoxy) is 3. The first-order chi connectivity index (χ1) is 16.9. The lowest BCUT2D eigenvalue weighted by Crippen LogP contribution is -2.33. The average Bonchev–Trinajstić information content (AvgIpc) is 3.43. The van der Waals surface area contributed by atoms with Gasteiger partial charge in [-0.2, -0.15) is 0 Å². The normalized spacial score (nSPS) is 16.1. The molecule has 1 aliphatic heterocycles. The molecular weight excluding hydrogens is 420 g/mol. The first-order valence-corrected chi connectivity index (χ1v) is 12.9. The Bertz CT molecular complexity index is 824. The van der Waals surface area contributed by atoms with Crippen LogP contribution in [0.4, 0.5) is 0 Å². The van der Waals surface area contributed by atoms with Gasteiger partial charge in [0.1, 0.15) is 12.4 Å². The van der Waals surface area contributed by atoms with Gasteiger partial charge in [-0.3, -0.25) is 0 Å². The summed E-state index contributed by atoms with van der Waals surface area (Å²) >= 11 is 0. The van der Waals surface area contributed by atoms with Gasteiger partial charge in [-0.25, -0.2) is 0 Å². The standard InChI is InChI=1S/C31H38O3/c1(2-4-15-23-30-25-32-26-33-30)3-5-16-24-34-31(27-17-9-6-10-18-27,28-19-11-7-12-20-28)29-21-13-8-14-22-29/h6-14,17-22,30H,1-5,15-16,23-26H2. The van der Waals surface area contributed by atoms with Crippen molar-refractivity contribution in [3.05, 3.63) is 108 Å². The van der Waals surface area contributed by atoms with E-state index in [-0.39, 0.29) is 0 Å². The molecule has 180 valence electrons. The van der Waals surface area contributed by atoms with Gasteiger partial charge < -0.3 is 14.2 Å². The topological polar surface area (TPSA) is 27.7 Å². The van der Waals surface area contributed by atoms with Crippen molar-refractivity contribution < 1.29 is 14.2 Å². The van der Waals surface area contributed by atoms with E-state index in [1.165, 1.54) is 55.2 Å². The smallest absolute Gasteiger partial charge is 0.147 e. The fourth-order valence-electron chi connectivity index (χ4n) is 4.89. The predicted molar refractivity (Wildman–Crippen MR) is 138 cm³/mol. The highest BCUT2D eigenvalue weighted by molar-refractivity contribution is 5.47. The van der Waals surface area contributed by atoms with E-state index in [0.29, 0.717) is 12.9 Å². The fourth-order valence-corrected chi connectivity index (χ4v) is 4.89. The lowest BCUT2D eigenvalue weighted by Gasteiger charge is -2.36. The van der Waals surface area contributed by atoms with Gasteiger partial charge in [0.25, 0.3) is 0 Å². The molecule has 0 saturated carbocycles. The highest BCUT2D eigenvalue weighted by Crippen LogP contribution is 2.40. The van der Waals surface area contributed by atoms with Gasteiger partial charge in [-0.15, -0.1) is 0 Å². The first-order valence-electron chi connectivity index (χ1n) is 12.9. The van der Waals surface area contributed by atoms with Crippen LogP contribution in [0.25, 0.3) is 0 Å². The van der Waals surface area contributed by atoms with E-state index in [2.05, 4.69) is 91.0 Å². The minimum Gasteiger partial charge on any atom is -0.361 e. The van der Waals surface area contributed by atoms with E-state index < -0.39 is 5.60 Å². The Morgan fingerprint density at radius 2 is 1.09 bits per heavy atom. The minimum absolute atomic E-state index is 0.330. The maximum absolute atomic E-state index is 6.86. The summed E-state index contributed by atoms with van der Waals surface area (Å²) in [7, 11) is 0. The molecule has 1 heterocycles. The lowest BCUT2D eigenvalue weighted by molar-refractivity contribution is 0.0106. The molecule has 3 nitrogen and oxygen atoms in total. The third kappa shape index (κ3) is 6.56. The summed E-state index contributed by atoms with van der Waals surface area (Å²) in [5.74, 6) is 0. The molecule has 0 N–H and O–H groups in total. The largest absolute Gasteiger partial charge is 0.361 e. The Kier molecular flexibility index (Phi) is 9.74. The monoisotopic (exact) mass is 458 g/mol. The van der Waals surface area contributed by atoms with Gasteiger partial charge in [-0.1, -0.05) is 130 Å². The molecule has 1 saturated heterocycles. The predicted octanol–water partition coefficient (Wildman–Crippen LogP) is 7.49. The molecule has 0 radical (unpaired) electrons. The lowest BCUT2D eigenvalue weighted by atomic mass is 9.80. The summed E-state index contributed by atoms with van der Waals surface area (Å²) in [5.41, 5.74) is 2.91. The Balaban J connectivity index is 1.32. The zero-order valence-corrected chi connectivity index (χ0v) is 20.2. The number of benzene rings is 3. The first kappa shape index (κ1) is 24.7. The number of rotatable bonds is 14. The molecule has 0 amide bonds. The van der Waals surface area contributed by atoms with Crippen LogP contribution in [-0.4, -0.2) is 26.1 Å². The average molecular weight is 459 g/mol. The fraction of sp³-hybridized carbons (Fsp3) is 0.419. The second kappa shape index (κ2) is 13.4. The van der Waals surface area contributed by atoms with Crippen molar-refractivity contribution in [2.45, 2.75) is 63.1 Å². The molecule has 1 unspecified atom stereocenters. The molecule has 0 bridgehead atoms. The SMILES string of the molecule is c1ccc(C(OCCCCCCCCCC2COCO2)(c2ccccc2)c2ccccc2)cc1. The highest BCUT2D eigenvalue weighted by Gasteiger charge is 2.37. The Morgan fingerprint density at radius 1 is 0.618 bits per heavy atom. The summed E-state index contributed by atoms with van der Waals surface area (Å²) in [6.07, 6.45) is 10.1. The van der Waals surface area contributed by atoms with Crippen molar-refractivity contribution in [1.29, 1.82) is 0 Å². The van der Waals surface area contributed by atoms with Crippen LogP contribution in [0, 0.1) is 0 Å². The molecular formula is C31H38O3. The van der Waals surface area contributed by atoms with Gasteiger partial charge >= 0.3 is 0 Å². The quantitative estimate of drug-likeness (QED) is 0.185. The van der Waals surface area contributed by atoms with Gasteiger partial charge in [0.05, 0.1) is 12.7 Å². The van der Waals surface area contributed by atoms with Crippen LogP contribution >= 0.6 is 0 Å². The number of hydrogen-bond acceptors (Lipinski definition) is 3. The molecule has 3 aromatic rings. The second-order valence-electron chi connectivity index (χ2n) is 9.17. The van der Waals surface area contributed by atoms with E-state index in [4.69, 9.17) is 14.2 Å². The van der Waals surface area contributed by atoms with Gasteiger partial charge in [0, 0.05) is 6.61 Å². The van der Waals surface area contributed by atoms with Crippen LogP contribution in [0.5, 0.6) is 0 Å². The summed E-state index contributed by atoms with van der Waals surface area (Å²) in [6, 6.07) is 31.9. The van der Waals surface area contributed by atoms with Crippen LogP contribution in [0.1, 0.15) is 68.1 Å². The number of hydrogen-bond donors (Lipinski definition) is 0. The van der Waals surface area contributed by atoms with Crippen LogP contribution in [0.3, 0.4) is 0 Å². The maximum Gasteiger partial charge on any atom is 0.147 e. The highest BCUT2D eigenvalue weighted by atomic mass is 16.7.